The highest BCUT2D eigenvalue weighted by atomic mass is 32.2. The lowest BCUT2D eigenvalue weighted by molar-refractivity contribution is -0.123. The first kappa shape index (κ1) is 18.9. The number of rotatable bonds is 5. The molecule has 2 N–H and O–H groups in total. The quantitative estimate of drug-likeness (QED) is 0.767. The van der Waals surface area contributed by atoms with Crippen LogP contribution in [0.5, 0.6) is 0 Å². The second-order valence-corrected chi connectivity index (χ2v) is 8.34. The van der Waals surface area contributed by atoms with Crippen LogP contribution in [-0.4, -0.2) is 47.9 Å². The summed E-state index contributed by atoms with van der Waals surface area (Å²) in [4.78, 5) is 27.5. The summed E-state index contributed by atoms with van der Waals surface area (Å²) in [6.45, 7) is 0.247. The van der Waals surface area contributed by atoms with Crippen LogP contribution >= 0.6 is 23.1 Å². The highest BCUT2D eigenvalue weighted by Crippen LogP contribution is 2.28. The van der Waals surface area contributed by atoms with Gasteiger partial charge in [-0.1, -0.05) is 12.1 Å². The predicted octanol–water partition coefficient (Wildman–Crippen LogP) is 2.75. The molecule has 0 spiro atoms. The van der Waals surface area contributed by atoms with Gasteiger partial charge in [-0.05, 0) is 49.1 Å². The monoisotopic (exact) mass is 393 g/mol. The van der Waals surface area contributed by atoms with Gasteiger partial charge in [-0.2, -0.15) is 11.8 Å². The zero-order valence-electron chi connectivity index (χ0n) is 14.3. The predicted molar refractivity (Wildman–Crippen MR) is 104 cm³/mol. The van der Waals surface area contributed by atoms with Gasteiger partial charge in [-0.15, -0.1) is 11.3 Å². The van der Waals surface area contributed by atoms with Crippen molar-refractivity contribution >= 4 is 34.9 Å². The van der Waals surface area contributed by atoms with Crippen molar-refractivity contribution < 1.29 is 14.0 Å². The topological polar surface area (TPSA) is 61.4 Å². The normalized spacial score (nSPS) is 16.7. The molecule has 2 amide bonds. The lowest BCUT2D eigenvalue weighted by Crippen LogP contribution is -2.47. The van der Waals surface area contributed by atoms with Crippen LogP contribution in [0.15, 0.2) is 36.4 Å². The third-order valence-electron chi connectivity index (χ3n) is 4.20. The molecule has 1 aromatic heterocycles. The lowest BCUT2D eigenvalue weighted by Gasteiger charge is -2.22. The summed E-state index contributed by atoms with van der Waals surface area (Å²) in [5.41, 5.74) is 5.75. The van der Waals surface area contributed by atoms with Crippen molar-refractivity contribution in [2.75, 3.05) is 25.1 Å². The molecule has 0 bridgehead atoms. The molecular formula is C18H20FN3O2S2. The summed E-state index contributed by atoms with van der Waals surface area (Å²) in [6.07, 6.45) is 1.09. The van der Waals surface area contributed by atoms with Gasteiger partial charge in [0.25, 0.3) is 11.8 Å². The van der Waals surface area contributed by atoms with Gasteiger partial charge in [0.2, 0.25) is 0 Å². The zero-order chi connectivity index (χ0) is 18.5. The van der Waals surface area contributed by atoms with E-state index in [9.17, 15) is 14.0 Å². The van der Waals surface area contributed by atoms with Gasteiger partial charge < -0.3 is 0 Å². The summed E-state index contributed by atoms with van der Waals surface area (Å²) < 4.78 is 13.0. The van der Waals surface area contributed by atoms with Gasteiger partial charge in [0.1, 0.15) is 5.82 Å². The van der Waals surface area contributed by atoms with E-state index in [0.29, 0.717) is 10.9 Å². The maximum Gasteiger partial charge on any atom is 0.279 e. The largest absolute Gasteiger partial charge is 0.294 e. The summed E-state index contributed by atoms with van der Waals surface area (Å²) in [5.74, 6) is 1.26. The zero-order valence-corrected chi connectivity index (χ0v) is 16.0. The van der Waals surface area contributed by atoms with E-state index in [1.807, 2.05) is 23.7 Å². The highest BCUT2D eigenvalue weighted by Gasteiger charge is 2.21. The summed E-state index contributed by atoms with van der Waals surface area (Å²) in [5, 5.41) is 0. The Morgan fingerprint density at radius 2 is 1.96 bits per heavy atom. The smallest absolute Gasteiger partial charge is 0.279 e. The van der Waals surface area contributed by atoms with Crippen molar-refractivity contribution in [3.63, 3.8) is 0 Å². The third-order valence-corrected chi connectivity index (χ3v) is 6.47. The van der Waals surface area contributed by atoms with E-state index in [0.717, 1.165) is 28.4 Å². The fourth-order valence-corrected chi connectivity index (χ4v) is 4.89. The molecular weight excluding hydrogens is 373 g/mol. The molecule has 138 valence electrons. The Morgan fingerprint density at radius 3 is 2.65 bits per heavy atom. The molecule has 3 rings (SSSR count). The second kappa shape index (κ2) is 8.66. The minimum atomic E-state index is -0.365. The third kappa shape index (κ3) is 4.84. The van der Waals surface area contributed by atoms with E-state index >= 15 is 0 Å². The van der Waals surface area contributed by atoms with Crippen LogP contribution in [0.2, 0.25) is 0 Å². The van der Waals surface area contributed by atoms with Crippen LogP contribution in [0.4, 0.5) is 4.39 Å². The van der Waals surface area contributed by atoms with Crippen LogP contribution in [0.1, 0.15) is 16.1 Å². The standard InChI is InChI=1S/C18H20FN3O2S2/c1-22(14-8-9-25-11-14)10-17(23)20-21-18(24)16-7-6-15(26-16)12-2-4-13(19)5-3-12/h2-7,14H,8-11H2,1H3,(H,20,23)(H,21,24)/t14-/m1/s1. The number of hydrogen-bond donors (Lipinski definition) is 2. The van der Waals surface area contributed by atoms with Crippen molar-refractivity contribution in [1.82, 2.24) is 15.8 Å². The van der Waals surface area contributed by atoms with Crippen molar-refractivity contribution in [2.45, 2.75) is 12.5 Å². The minimum Gasteiger partial charge on any atom is -0.294 e. The number of carbonyl (C=O) groups excluding carboxylic acids is 2. The van der Waals surface area contributed by atoms with Crippen LogP contribution in [0.3, 0.4) is 0 Å². The van der Waals surface area contributed by atoms with Crippen LogP contribution in [0, 0.1) is 5.82 Å². The molecule has 2 heterocycles. The van der Waals surface area contributed by atoms with Gasteiger partial charge in [-0.25, -0.2) is 4.39 Å². The van der Waals surface area contributed by atoms with Gasteiger partial charge in [0.05, 0.1) is 11.4 Å². The first-order chi connectivity index (χ1) is 12.5. The number of amides is 2. The number of hydrogen-bond acceptors (Lipinski definition) is 5. The Hall–Kier alpha value is -1.90. The molecule has 0 radical (unpaired) electrons. The number of likely N-dealkylation sites (N-methyl/N-ethyl adjacent to an activating group) is 1. The van der Waals surface area contributed by atoms with E-state index in [2.05, 4.69) is 10.9 Å². The van der Waals surface area contributed by atoms with Crippen LogP contribution < -0.4 is 10.9 Å². The Balaban J connectivity index is 1.50. The van der Waals surface area contributed by atoms with E-state index in [4.69, 9.17) is 0 Å². The molecule has 26 heavy (non-hydrogen) atoms. The SMILES string of the molecule is CN(CC(=O)NNC(=O)c1ccc(-c2ccc(F)cc2)s1)[C@@H]1CCSC1. The molecule has 0 unspecified atom stereocenters. The van der Waals surface area contributed by atoms with Gasteiger partial charge >= 0.3 is 0 Å². The summed E-state index contributed by atoms with van der Waals surface area (Å²) in [6, 6.07) is 10.0. The van der Waals surface area contributed by atoms with Crippen molar-refractivity contribution in [1.29, 1.82) is 0 Å². The number of thioether (sulfide) groups is 1. The lowest BCUT2D eigenvalue weighted by atomic mass is 10.2. The Labute approximate surface area is 159 Å². The molecule has 1 atom stereocenters. The van der Waals surface area contributed by atoms with Crippen molar-refractivity contribution in [3.05, 3.63) is 47.1 Å². The van der Waals surface area contributed by atoms with E-state index in [-0.39, 0.29) is 24.2 Å². The van der Waals surface area contributed by atoms with E-state index in [1.165, 1.54) is 23.5 Å². The number of carbonyl (C=O) groups is 2. The maximum atomic E-state index is 13.0. The first-order valence-corrected chi connectivity index (χ1v) is 10.2. The Bertz CT molecular complexity index is 773. The maximum absolute atomic E-state index is 13.0. The van der Waals surface area contributed by atoms with E-state index < -0.39 is 0 Å². The number of halogens is 1. The summed E-state index contributed by atoms with van der Waals surface area (Å²) in [7, 11) is 1.92. The molecule has 1 aliphatic heterocycles. The summed E-state index contributed by atoms with van der Waals surface area (Å²) >= 11 is 3.18. The van der Waals surface area contributed by atoms with Gasteiger partial charge in [0, 0.05) is 16.7 Å². The fraction of sp³-hybridized carbons (Fsp3) is 0.333. The molecule has 8 heteroatoms. The average molecular weight is 394 g/mol. The fourth-order valence-electron chi connectivity index (χ4n) is 2.68. The molecule has 2 aromatic rings. The van der Waals surface area contributed by atoms with Gasteiger partial charge in [0.15, 0.2) is 0 Å². The number of benzene rings is 1. The molecule has 1 saturated heterocycles. The van der Waals surface area contributed by atoms with Crippen molar-refractivity contribution in [3.8, 4) is 10.4 Å². The molecule has 1 fully saturated rings. The first-order valence-electron chi connectivity index (χ1n) is 8.26. The van der Waals surface area contributed by atoms with E-state index in [1.54, 1.807) is 24.3 Å². The Kier molecular flexibility index (Phi) is 6.29. The van der Waals surface area contributed by atoms with Crippen LogP contribution in [0.25, 0.3) is 10.4 Å². The molecule has 0 saturated carbocycles. The highest BCUT2D eigenvalue weighted by molar-refractivity contribution is 7.99. The molecule has 0 aliphatic carbocycles. The number of nitrogens with zero attached hydrogens (tertiary/aromatic N) is 1. The molecule has 1 aromatic carbocycles. The number of thiophene rings is 1. The second-order valence-electron chi connectivity index (χ2n) is 6.11. The number of hydrazine groups is 1. The van der Waals surface area contributed by atoms with Crippen molar-refractivity contribution in [2.24, 2.45) is 0 Å². The number of nitrogens with one attached hydrogen (secondary N) is 2. The molecule has 1 aliphatic rings. The minimum absolute atomic E-state index is 0.243. The Morgan fingerprint density at radius 1 is 1.19 bits per heavy atom. The average Bonchev–Trinajstić information content (AvgIpc) is 3.32. The molecule has 5 nitrogen and oxygen atoms in total. The van der Waals surface area contributed by atoms with Crippen LogP contribution in [-0.2, 0) is 4.79 Å². The van der Waals surface area contributed by atoms with Gasteiger partial charge in [-0.3, -0.25) is 25.3 Å².